The number of hydrogen-bond acceptors (Lipinski definition) is 4. The lowest BCUT2D eigenvalue weighted by Gasteiger charge is -2.17. The highest BCUT2D eigenvalue weighted by Crippen LogP contribution is 2.22. The van der Waals surface area contributed by atoms with Gasteiger partial charge in [-0.05, 0) is 56.5 Å². The average molecular weight is 552 g/mol. The lowest BCUT2D eigenvalue weighted by molar-refractivity contribution is 0.0676. The number of nitrogens with zero attached hydrogens (tertiary/aromatic N) is 2. The highest BCUT2D eigenvalue weighted by atomic mass is 127. The van der Waals surface area contributed by atoms with Crippen molar-refractivity contribution < 1.29 is 13.9 Å². The van der Waals surface area contributed by atoms with Crippen molar-refractivity contribution in [1.29, 1.82) is 5.26 Å². The number of hydrogen-bond donors (Lipinski definition) is 2. The largest absolute Gasteiger partial charge is 0.491 e. The zero-order chi connectivity index (χ0) is 22.1. The van der Waals surface area contributed by atoms with Gasteiger partial charge < -0.3 is 20.1 Å². The van der Waals surface area contributed by atoms with Crippen molar-refractivity contribution in [2.75, 3.05) is 19.8 Å². The van der Waals surface area contributed by atoms with Crippen molar-refractivity contribution in [3.63, 3.8) is 0 Å². The molecule has 2 aromatic rings. The highest BCUT2D eigenvalue weighted by Gasteiger charge is 2.17. The Morgan fingerprint density at radius 3 is 2.81 bits per heavy atom. The van der Waals surface area contributed by atoms with E-state index in [1.165, 1.54) is 18.2 Å². The van der Waals surface area contributed by atoms with Gasteiger partial charge in [-0.25, -0.2) is 9.38 Å². The first kappa shape index (κ1) is 25.9. The summed E-state index contributed by atoms with van der Waals surface area (Å²) in [4.78, 5) is 4.48. The molecule has 1 saturated heterocycles. The Kier molecular flexibility index (Phi) is 10.7. The van der Waals surface area contributed by atoms with Crippen LogP contribution in [0.1, 0.15) is 42.0 Å². The van der Waals surface area contributed by atoms with Gasteiger partial charge in [0.15, 0.2) is 5.96 Å². The Morgan fingerprint density at radius 2 is 2.09 bits per heavy atom. The monoisotopic (exact) mass is 552 g/mol. The molecule has 0 spiro atoms. The van der Waals surface area contributed by atoms with Crippen LogP contribution in [0.2, 0.25) is 0 Å². The fraction of sp³-hybridized carbons (Fsp3) is 0.417. The van der Waals surface area contributed by atoms with Crippen LogP contribution < -0.4 is 15.4 Å². The van der Waals surface area contributed by atoms with Gasteiger partial charge in [0, 0.05) is 30.8 Å². The molecule has 1 aliphatic heterocycles. The molecule has 0 aromatic heterocycles. The van der Waals surface area contributed by atoms with E-state index in [1.807, 2.05) is 38.1 Å². The molecule has 0 radical (unpaired) electrons. The minimum atomic E-state index is -0.373. The minimum Gasteiger partial charge on any atom is -0.491 e. The first-order valence-electron chi connectivity index (χ1n) is 10.6. The van der Waals surface area contributed by atoms with E-state index in [1.54, 1.807) is 0 Å². The van der Waals surface area contributed by atoms with Crippen LogP contribution in [0, 0.1) is 24.1 Å². The molecule has 6 nitrogen and oxygen atoms in total. The summed E-state index contributed by atoms with van der Waals surface area (Å²) >= 11 is 0. The molecule has 1 heterocycles. The molecule has 2 N–H and O–H groups in total. The fourth-order valence-electron chi connectivity index (χ4n) is 3.35. The van der Waals surface area contributed by atoms with Crippen molar-refractivity contribution in [3.8, 4) is 11.8 Å². The quantitative estimate of drug-likeness (QED) is 0.288. The average Bonchev–Trinajstić information content (AvgIpc) is 3.29. The highest BCUT2D eigenvalue weighted by molar-refractivity contribution is 14.0. The third-order valence-corrected chi connectivity index (χ3v) is 5.04. The maximum Gasteiger partial charge on any atom is 0.191 e. The smallest absolute Gasteiger partial charge is 0.191 e. The molecule has 32 heavy (non-hydrogen) atoms. The van der Waals surface area contributed by atoms with E-state index in [9.17, 15) is 4.39 Å². The summed E-state index contributed by atoms with van der Waals surface area (Å²) in [6, 6.07) is 12.4. The number of ether oxygens (including phenoxy) is 2. The van der Waals surface area contributed by atoms with Crippen molar-refractivity contribution in [2.45, 2.75) is 45.9 Å². The first-order valence-corrected chi connectivity index (χ1v) is 10.6. The molecule has 172 valence electrons. The molecule has 0 aliphatic carbocycles. The molecule has 0 saturated carbocycles. The Hall–Kier alpha value is -2.38. The van der Waals surface area contributed by atoms with Gasteiger partial charge in [0.25, 0.3) is 0 Å². The van der Waals surface area contributed by atoms with E-state index in [4.69, 9.17) is 14.7 Å². The second-order valence-corrected chi connectivity index (χ2v) is 7.52. The van der Waals surface area contributed by atoms with Crippen LogP contribution in [0.5, 0.6) is 5.75 Å². The summed E-state index contributed by atoms with van der Waals surface area (Å²) in [6.45, 7) is 6.65. The van der Waals surface area contributed by atoms with Crippen LogP contribution in [-0.4, -0.2) is 31.8 Å². The van der Waals surface area contributed by atoms with E-state index in [0.29, 0.717) is 36.8 Å². The third-order valence-electron chi connectivity index (χ3n) is 5.04. The summed E-state index contributed by atoms with van der Waals surface area (Å²) < 4.78 is 25.8. The maximum atomic E-state index is 14.1. The van der Waals surface area contributed by atoms with Gasteiger partial charge in [-0.15, -0.1) is 24.0 Å². The standard InChI is InChI=1S/C24H29FN4O2.HI/c1-3-27-24(29-15-20-12-18(13-26)7-9-22(20)25)28-14-19-8-6-17(2)11-23(19)31-16-21-5-4-10-30-21;/h6-9,11-12,21H,3-5,10,14-16H2,1-2H3,(H2,27,28,29);1H. The predicted molar refractivity (Wildman–Crippen MR) is 134 cm³/mol. The molecule has 0 bridgehead atoms. The second-order valence-electron chi connectivity index (χ2n) is 7.52. The topological polar surface area (TPSA) is 78.7 Å². The zero-order valence-electron chi connectivity index (χ0n) is 18.5. The van der Waals surface area contributed by atoms with Crippen LogP contribution in [0.25, 0.3) is 0 Å². The van der Waals surface area contributed by atoms with Gasteiger partial charge in [0.2, 0.25) is 0 Å². The summed E-state index contributed by atoms with van der Waals surface area (Å²) in [7, 11) is 0. The Labute approximate surface area is 206 Å². The summed E-state index contributed by atoms with van der Waals surface area (Å²) in [6.07, 6.45) is 2.26. The molecular weight excluding hydrogens is 522 g/mol. The first-order chi connectivity index (χ1) is 15.1. The van der Waals surface area contributed by atoms with Crippen LogP contribution in [0.3, 0.4) is 0 Å². The van der Waals surface area contributed by atoms with Gasteiger partial charge in [-0.1, -0.05) is 12.1 Å². The van der Waals surface area contributed by atoms with Gasteiger partial charge in [-0.3, -0.25) is 0 Å². The predicted octanol–water partition coefficient (Wildman–Crippen LogP) is 4.44. The SMILES string of the molecule is CCNC(=NCc1cc(C#N)ccc1F)NCc1ccc(C)cc1OCC1CCCO1.I. The van der Waals surface area contributed by atoms with Gasteiger partial charge >= 0.3 is 0 Å². The van der Waals surface area contributed by atoms with Gasteiger partial charge in [0.05, 0.1) is 24.3 Å². The Morgan fingerprint density at radius 1 is 1.25 bits per heavy atom. The third kappa shape index (κ3) is 7.64. The number of aliphatic imine (C=N–C) groups is 1. The lowest BCUT2D eigenvalue weighted by atomic mass is 10.1. The van der Waals surface area contributed by atoms with Crippen LogP contribution in [0.4, 0.5) is 4.39 Å². The van der Waals surface area contributed by atoms with Gasteiger partial charge in [-0.2, -0.15) is 5.26 Å². The zero-order valence-corrected chi connectivity index (χ0v) is 20.8. The number of aryl methyl sites for hydroxylation is 1. The second kappa shape index (κ2) is 13.2. The minimum absolute atomic E-state index is 0. The van der Waals surface area contributed by atoms with Crippen molar-refractivity contribution in [2.24, 2.45) is 4.99 Å². The Balaban J connectivity index is 0.00000363. The summed E-state index contributed by atoms with van der Waals surface area (Å²) in [5.74, 6) is 1.02. The van der Waals surface area contributed by atoms with E-state index in [2.05, 4.69) is 15.6 Å². The van der Waals surface area contributed by atoms with Crippen molar-refractivity contribution in [1.82, 2.24) is 10.6 Å². The maximum absolute atomic E-state index is 14.1. The van der Waals surface area contributed by atoms with Crippen molar-refractivity contribution >= 4 is 29.9 Å². The van der Waals surface area contributed by atoms with Gasteiger partial charge in [0.1, 0.15) is 18.2 Å². The fourth-order valence-corrected chi connectivity index (χ4v) is 3.35. The molecule has 1 atom stereocenters. The van der Waals surface area contributed by atoms with E-state index < -0.39 is 0 Å². The van der Waals surface area contributed by atoms with E-state index >= 15 is 0 Å². The number of nitrogens with one attached hydrogen (secondary N) is 2. The molecule has 1 fully saturated rings. The number of rotatable bonds is 8. The Bertz CT molecular complexity index is 956. The van der Waals surface area contributed by atoms with Crippen LogP contribution in [0.15, 0.2) is 41.4 Å². The molecule has 2 aromatic carbocycles. The molecule has 1 aliphatic rings. The molecule has 1 unspecified atom stereocenters. The molecule has 3 rings (SSSR count). The number of halogens is 2. The van der Waals surface area contributed by atoms with Crippen molar-refractivity contribution in [3.05, 3.63) is 64.5 Å². The van der Waals surface area contributed by atoms with E-state index in [-0.39, 0.29) is 42.4 Å². The summed E-state index contributed by atoms with van der Waals surface area (Å²) in [5.41, 5.74) is 2.93. The normalized spacial score (nSPS) is 15.6. The number of nitriles is 1. The number of benzene rings is 2. The molecule has 8 heteroatoms. The van der Waals surface area contributed by atoms with Crippen LogP contribution in [-0.2, 0) is 17.8 Å². The lowest BCUT2D eigenvalue weighted by Crippen LogP contribution is -2.37. The van der Waals surface area contributed by atoms with Crippen LogP contribution >= 0.6 is 24.0 Å². The molecular formula is C24H30FIN4O2. The van der Waals surface area contributed by atoms with E-state index in [0.717, 1.165) is 36.3 Å². The summed E-state index contributed by atoms with van der Waals surface area (Å²) in [5, 5.41) is 15.5. The molecule has 0 amide bonds. The number of guanidine groups is 1.